The summed E-state index contributed by atoms with van der Waals surface area (Å²) in [5, 5.41) is 24.0. The minimum atomic E-state index is -1.33. The van der Waals surface area contributed by atoms with Crippen molar-refractivity contribution >= 4 is 27.6 Å². The molecule has 0 aliphatic rings. The zero-order chi connectivity index (χ0) is 14.0. The predicted molar refractivity (Wildman–Crippen MR) is 69.1 cm³/mol. The van der Waals surface area contributed by atoms with Crippen molar-refractivity contribution in [2.45, 2.75) is 6.54 Å². The number of nitro benzene ring substituents is 1. The molecule has 0 atom stereocenters. The normalized spacial score (nSPS) is 10.4. The van der Waals surface area contributed by atoms with Gasteiger partial charge in [0.1, 0.15) is 5.56 Å². The Balaban J connectivity index is 2.47. The highest BCUT2D eigenvalue weighted by molar-refractivity contribution is 9.10. The number of carbonyl (C=O) groups is 1. The molecular weight excluding hydrogens is 318 g/mol. The Morgan fingerprint density at radius 1 is 1.53 bits per heavy atom. The minimum absolute atomic E-state index is 0.148. The smallest absolute Gasteiger partial charge is 0.343 e. The average Bonchev–Trinajstić information content (AvgIpc) is 2.74. The van der Waals surface area contributed by atoms with Gasteiger partial charge in [-0.2, -0.15) is 5.10 Å². The lowest BCUT2D eigenvalue weighted by atomic mass is 10.1. The number of carboxylic acids is 1. The van der Waals surface area contributed by atoms with Gasteiger partial charge < -0.3 is 5.11 Å². The van der Waals surface area contributed by atoms with Gasteiger partial charge in [-0.1, -0.05) is 12.1 Å². The average molecular weight is 326 g/mol. The Labute approximate surface area is 115 Å². The number of hydrogen-bond acceptors (Lipinski definition) is 4. The summed E-state index contributed by atoms with van der Waals surface area (Å²) in [5.74, 6) is -1.33. The van der Waals surface area contributed by atoms with E-state index in [9.17, 15) is 14.9 Å². The molecule has 0 spiro atoms. The molecule has 1 aromatic carbocycles. The number of nitrogens with zero attached hydrogens (tertiary/aromatic N) is 3. The summed E-state index contributed by atoms with van der Waals surface area (Å²) in [6, 6.07) is 4.16. The van der Waals surface area contributed by atoms with Crippen molar-refractivity contribution in [3.8, 4) is 0 Å². The maximum Gasteiger partial charge on any atom is 0.343 e. The van der Waals surface area contributed by atoms with Crippen molar-refractivity contribution in [3.05, 3.63) is 56.3 Å². The summed E-state index contributed by atoms with van der Waals surface area (Å²) in [5.41, 5.74) is -0.396. The molecular formula is C11H8BrN3O4. The van der Waals surface area contributed by atoms with Crippen molar-refractivity contribution in [2.75, 3.05) is 0 Å². The van der Waals surface area contributed by atoms with Crippen LogP contribution in [0.5, 0.6) is 0 Å². The molecule has 2 rings (SSSR count). The second-order valence-electron chi connectivity index (χ2n) is 3.73. The third-order valence-corrected chi connectivity index (χ3v) is 2.88. The summed E-state index contributed by atoms with van der Waals surface area (Å²) in [7, 11) is 0. The Morgan fingerprint density at radius 2 is 2.26 bits per heavy atom. The van der Waals surface area contributed by atoms with E-state index in [4.69, 9.17) is 5.11 Å². The molecule has 0 fully saturated rings. The van der Waals surface area contributed by atoms with Gasteiger partial charge >= 0.3 is 5.97 Å². The van der Waals surface area contributed by atoms with Gasteiger partial charge in [-0.15, -0.1) is 0 Å². The predicted octanol–water partition coefficient (Wildman–Crippen LogP) is 2.30. The number of halogens is 1. The Hall–Kier alpha value is -2.22. The van der Waals surface area contributed by atoms with Crippen LogP contribution in [0.15, 0.2) is 35.1 Å². The summed E-state index contributed by atoms with van der Waals surface area (Å²) in [4.78, 5) is 21.3. The van der Waals surface area contributed by atoms with Crippen LogP contribution in [0.3, 0.4) is 0 Å². The number of carboxylic acid groups (broad SMARTS) is 1. The largest absolute Gasteiger partial charge is 0.477 e. The number of aromatic carboxylic acids is 1. The van der Waals surface area contributed by atoms with Gasteiger partial charge in [-0.05, 0) is 21.5 Å². The molecule has 0 saturated carbocycles. The van der Waals surface area contributed by atoms with E-state index in [-0.39, 0.29) is 12.1 Å². The fourth-order valence-corrected chi connectivity index (χ4v) is 2.04. The highest BCUT2D eigenvalue weighted by Gasteiger charge is 2.23. The van der Waals surface area contributed by atoms with Crippen LogP contribution in [-0.4, -0.2) is 25.8 Å². The second-order valence-corrected chi connectivity index (χ2v) is 4.65. The van der Waals surface area contributed by atoms with Crippen LogP contribution in [0.4, 0.5) is 5.69 Å². The van der Waals surface area contributed by atoms with E-state index in [0.717, 1.165) is 4.47 Å². The molecule has 19 heavy (non-hydrogen) atoms. The first-order valence-corrected chi connectivity index (χ1v) is 5.96. The molecule has 0 bridgehead atoms. The summed E-state index contributed by atoms with van der Waals surface area (Å²) in [6.45, 7) is 0.148. The van der Waals surface area contributed by atoms with Crippen LogP contribution in [0.1, 0.15) is 15.9 Å². The van der Waals surface area contributed by atoms with Crippen LogP contribution < -0.4 is 0 Å². The molecule has 0 aliphatic heterocycles. The first-order valence-electron chi connectivity index (χ1n) is 5.16. The molecule has 0 radical (unpaired) electrons. The van der Waals surface area contributed by atoms with Gasteiger partial charge in [0.25, 0.3) is 5.69 Å². The number of nitro groups is 1. The van der Waals surface area contributed by atoms with E-state index >= 15 is 0 Å². The van der Waals surface area contributed by atoms with E-state index in [1.807, 2.05) is 0 Å². The highest BCUT2D eigenvalue weighted by Crippen LogP contribution is 2.23. The molecule has 0 unspecified atom stereocenters. The van der Waals surface area contributed by atoms with E-state index < -0.39 is 16.6 Å². The molecule has 7 nitrogen and oxygen atoms in total. The molecule has 2 aromatic rings. The standard InChI is InChI=1S/C11H8BrN3O4/c12-8-4-13-14(6-8)5-7-2-1-3-9(15(18)19)10(7)11(16)17/h1-4,6H,5H2,(H,16,17). The third kappa shape index (κ3) is 2.79. The first-order chi connectivity index (χ1) is 8.99. The summed E-state index contributed by atoms with van der Waals surface area (Å²) < 4.78 is 2.24. The maximum atomic E-state index is 11.2. The van der Waals surface area contributed by atoms with Crippen LogP contribution >= 0.6 is 15.9 Å². The van der Waals surface area contributed by atoms with E-state index in [1.54, 1.807) is 12.4 Å². The minimum Gasteiger partial charge on any atom is -0.477 e. The fraction of sp³-hybridized carbons (Fsp3) is 0.0909. The van der Waals surface area contributed by atoms with Crippen LogP contribution in [0.2, 0.25) is 0 Å². The molecule has 0 aliphatic carbocycles. The topological polar surface area (TPSA) is 98.3 Å². The Bertz CT molecular complexity index is 653. The Morgan fingerprint density at radius 3 is 2.79 bits per heavy atom. The molecule has 1 N–H and O–H groups in total. The van der Waals surface area contributed by atoms with Crippen molar-refractivity contribution in [1.82, 2.24) is 9.78 Å². The zero-order valence-corrected chi connectivity index (χ0v) is 11.1. The van der Waals surface area contributed by atoms with Gasteiger partial charge in [0.2, 0.25) is 0 Å². The first kappa shape index (κ1) is 13.2. The van der Waals surface area contributed by atoms with Crippen LogP contribution in [0.25, 0.3) is 0 Å². The van der Waals surface area contributed by atoms with E-state index in [1.165, 1.54) is 22.9 Å². The van der Waals surface area contributed by atoms with Crippen LogP contribution in [0, 0.1) is 10.1 Å². The molecule has 98 valence electrons. The zero-order valence-electron chi connectivity index (χ0n) is 9.49. The van der Waals surface area contributed by atoms with Crippen molar-refractivity contribution in [3.63, 3.8) is 0 Å². The van der Waals surface area contributed by atoms with E-state index in [0.29, 0.717) is 5.56 Å². The number of aromatic nitrogens is 2. The second kappa shape index (κ2) is 5.19. The fourth-order valence-electron chi connectivity index (χ4n) is 1.72. The van der Waals surface area contributed by atoms with Gasteiger partial charge in [0.15, 0.2) is 0 Å². The highest BCUT2D eigenvalue weighted by atomic mass is 79.9. The summed E-state index contributed by atoms with van der Waals surface area (Å²) >= 11 is 3.22. The number of benzene rings is 1. The lowest BCUT2D eigenvalue weighted by Crippen LogP contribution is -2.10. The molecule has 0 saturated heterocycles. The number of rotatable bonds is 4. The Kier molecular flexibility index (Phi) is 3.61. The van der Waals surface area contributed by atoms with Gasteiger partial charge in [0.05, 0.1) is 22.1 Å². The quantitative estimate of drug-likeness (QED) is 0.687. The summed E-state index contributed by atoms with van der Waals surface area (Å²) in [6.07, 6.45) is 3.21. The lowest BCUT2D eigenvalue weighted by molar-refractivity contribution is -0.385. The lowest BCUT2D eigenvalue weighted by Gasteiger charge is -2.06. The third-order valence-electron chi connectivity index (χ3n) is 2.47. The number of hydrogen-bond donors (Lipinski definition) is 1. The molecule has 1 heterocycles. The molecule has 0 amide bonds. The monoisotopic (exact) mass is 325 g/mol. The van der Waals surface area contributed by atoms with Crippen molar-refractivity contribution in [2.24, 2.45) is 0 Å². The SMILES string of the molecule is O=C(O)c1c(Cn2cc(Br)cn2)cccc1[N+](=O)[O-]. The molecule has 1 aromatic heterocycles. The van der Waals surface area contributed by atoms with Gasteiger partial charge in [-0.25, -0.2) is 4.79 Å². The van der Waals surface area contributed by atoms with Crippen molar-refractivity contribution in [1.29, 1.82) is 0 Å². The van der Waals surface area contributed by atoms with Gasteiger partial charge in [-0.3, -0.25) is 14.8 Å². The van der Waals surface area contributed by atoms with Crippen molar-refractivity contribution < 1.29 is 14.8 Å². The maximum absolute atomic E-state index is 11.2. The van der Waals surface area contributed by atoms with Crippen LogP contribution in [-0.2, 0) is 6.54 Å². The van der Waals surface area contributed by atoms with Gasteiger partial charge in [0, 0.05) is 12.3 Å². The molecule has 8 heteroatoms. The van der Waals surface area contributed by atoms with E-state index in [2.05, 4.69) is 21.0 Å².